The van der Waals surface area contributed by atoms with E-state index in [-0.39, 0.29) is 11.9 Å². The highest BCUT2D eigenvalue weighted by Gasteiger charge is 2.30. The molecule has 1 saturated heterocycles. The molecule has 1 saturated carbocycles. The normalized spacial score (nSPS) is 26.5. The Balaban J connectivity index is 1.81. The van der Waals surface area contributed by atoms with Crippen LogP contribution in [0.4, 0.5) is 0 Å². The molecule has 0 aromatic carbocycles. The quantitative estimate of drug-likeness (QED) is 0.665. The Morgan fingerprint density at radius 1 is 1.47 bits per heavy atom. The van der Waals surface area contributed by atoms with Gasteiger partial charge in [0, 0.05) is 6.04 Å². The van der Waals surface area contributed by atoms with E-state index in [2.05, 4.69) is 10.2 Å². The summed E-state index contributed by atoms with van der Waals surface area (Å²) >= 11 is 4.99. The highest BCUT2D eigenvalue weighted by molar-refractivity contribution is 7.80. The van der Waals surface area contributed by atoms with Crippen LogP contribution in [0, 0.1) is 0 Å². The first-order valence-corrected chi connectivity index (χ1v) is 5.90. The molecule has 1 aliphatic carbocycles. The molecule has 5 heteroatoms. The first kappa shape index (κ1) is 10.8. The predicted octanol–water partition coefficient (Wildman–Crippen LogP) is 0.0155. The van der Waals surface area contributed by atoms with Crippen molar-refractivity contribution >= 4 is 23.1 Å². The minimum Gasteiger partial charge on any atom is -0.392 e. The fourth-order valence-electron chi connectivity index (χ4n) is 2.02. The third-order valence-electron chi connectivity index (χ3n) is 2.98. The van der Waals surface area contributed by atoms with Crippen molar-refractivity contribution in [3.05, 3.63) is 0 Å². The predicted molar refractivity (Wildman–Crippen MR) is 62.5 cm³/mol. The van der Waals surface area contributed by atoms with Gasteiger partial charge in [0.1, 0.15) is 0 Å². The second-order valence-corrected chi connectivity index (χ2v) is 4.84. The lowest BCUT2D eigenvalue weighted by atomic mass is 10.2. The maximum atomic E-state index is 11.6. The van der Waals surface area contributed by atoms with E-state index in [4.69, 9.17) is 18.0 Å². The molecule has 1 atom stereocenters. The van der Waals surface area contributed by atoms with E-state index in [0.29, 0.717) is 17.6 Å². The molecule has 15 heavy (non-hydrogen) atoms. The fraction of sp³-hybridized carbons (Fsp3) is 0.800. The lowest BCUT2D eigenvalue weighted by molar-refractivity contribution is -0.122. The number of likely N-dealkylation sites (tertiary alicyclic amines) is 1. The largest absolute Gasteiger partial charge is 0.392 e. The van der Waals surface area contributed by atoms with Crippen LogP contribution in [0.1, 0.15) is 25.7 Å². The zero-order valence-corrected chi connectivity index (χ0v) is 9.55. The van der Waals surface area contributed by atoms with Crippen molar-refractivity contribution in [1.82, 2.24) is 10.2 Å². The molecule has 84 valence electrons. The second kappa shape index (κ2) is 4.45. The summed E-state index contributed by atoms with van der Waals surface area (Å²) in [6.45, 7) is 1.37. The topological polar surface area (TPSA) is 58.4 Å². The zero-order chi connectivity index (χ0) is 10.8. The molecule has 0 aromatic heterocycles. The van der Waals surface area contributed by atoms with Crippen molar-refractivity contribution in [2.45, 2.75) is 37.8 Å². The van der Waals surface area contributed by atoms with Crippen LogP contribution in [-0.4, -0.2) is 41.0 Å². The first-order chi connectivity index (χ1) is 7.16. The summed E-state index contributed by atoms with van der Waals surface area (Å²) in [5.41, 5.74) is 5.64. The van der Waals surface area contributed by atoms with Crippen LogP contribution in [0.15, 0.2) is 0 Å². The van der Waals surface area contributed by atoms with Crippen molar-refractivity contribution in [3.8, 4) is 0 Å². The third kappa shape index (κ3) is 2.89. The summed E-state index contributed by atoms with van der Waals surface area (Å²) < 4.78 is 0. The summed E-state index contributed by atoms with van der Waals surface area (Å²) in [5, 5.41) is 2.98. The Labute approximate surface area is 95.2 Å². The molecule has 4 nitrogen and oxygen atoms in total. The molecule has 0 radical (unpaired) electrons. The highest BCUT2D eigenvalue weighted by atomic mass is 32.1. The first-order valence-electron chi connectivity index (χ1n) is 5.49. The van der Waals surface area contributed by atoms with Crippen LogP contribution >= 0.6 is 12.2 Å². The van der Waals surface area contributed by atoms with Gasteiger partial charge in [-0.3, -0.25) is 9.69 Å². The minimum absolute atomic E-state index is 0.112. The van der Waals surface area contributed by atoms with Crippen LogP contribution < -0.4 is 11.1 Å². The molecule has 1 aliphatic heterocycles. The van der Waals surface area contributed by atoms with Crippen molar-refractivity contribution in [2.24, 2.45) is 5.73 Å². The van der Waals surface area contributed by atoms with Gasteiger partial charge in [-0.05, 0) is 32.2 Å². The van der Waals surface area contributed by atoms with Gasteiger partial charge < -0.3 is 11.1 Å². The number of carbonyl (C=O) groups is 1. The minimum atomic E-state index is 0.112. The van der Waals surface area contributed by atoms with Gasteiger partial charge in [0.2, 0.25) is 5.91 Å². The smallest absolute Gasteiger partial charge is 0.234 e. The van der Waals surface area contributed by atoms with Crippen LogP contribution in [0.2, 0.25) is 0 Å². The molecule has 1 heterocycles. The van der Waals surface area contributed by atoms with Crippen molar-refractivity contribution in [1.29, 1.82) is 0 Å². The van der Waals surface area contributed by atoms with Crippen LogP contribution in [0.5, 0.6) is 0 Å². The number of thiocarbonyl (C=S) groups is 1. The van der Waals surface area contributed by atoms with E-state index in [9.17, 15) is 4.79 Å². The average Bonchev–Trinajstić information content (AvgIpc) is 2.82. The number of nitrogens with one attached hydrogen (secondary N) is 1. The average molecular weight is 227 g/mol. The Bertz CT molecular complexity index is 278. The highest BCUT2D eigenvalue weighted by Crippen LogP contribution is 2.20. The van der Waals surface area contributed by atoms with Crippen molar-refractivity contribution < 1.29 is 4.79 Å². The molecule has 1 unspecified atom stereocenters. The lowest BCUT2D eigenvalue weighted by Crippen LogP contribution is -2.45. The number of hydrogen-bond acceptors (Lipinski definition) is 3. The van der Waals surface area contributed by atoms with E-state index in [1.54, 1.807) is 0 Å². The Morgan fingerprint density at radius 2 is 2.20 bits per heavy atom. The molecule has 3 N–H and O–H groups in total. The monoisotopic (exact) mass is 227 g/mol. The number of nitrogens with two attached hydrogens (primary N) is 1. The third-order valence-corrected chi connectivity index (χ3v) is 3.25. The molecule has 2 fully saturated rings. The van der Waals surface area contributed by atoms with Crippen LogP contribution in [0.3, 0.4) is 0 Å². The number of rotatable bonds is 4. The van der Waals surface area contributed by atoms with Gasteiger partial charge in [-0.1, -0.05) is 12.2 Å². The number of hydrogen-bond donors (Lipinski definition) is 2. The molecule has 0 aromatic rings. The maximum Gasteiger partial charge on any atom is 0.234 e. The maximum absolute atomic E-state index is 11.6. The molecular formula is C10H17N3OS. The van der Waals surface area contributed by atoms with E-state index < -0.39 is 0 Å². The molecule has 2 rings (SSSR count). The summed E-state index contributed by atoms with van der Waals surface area (Å²) in [4.78, 5) is 14.2. The summed E-state index contributed by atoms with van der Waals surface area (Å²) in [6.07, 6.45) is 4.33. The standard InChI is InChI=1S/C10H17N3OS/c11-10(15)8-2-1-5-13(8)6-9(14)12-7-3-4-7/h7-8H,1-6H2,(H2,11,15)(H,12,14). The fourth-order valence-corrected chi connectivity index (χ4v) is 2.29. The SMILES string of the molecule is NC(=S)C1CCCN1CC(=O)NC1CC1. The molecular weight excluding hydrogens is 210 g/mol. The van der Waals surface area contributed by atoms with Gasteiger partial charge in [0.05, 0.1) is 17.6 Å². The Kier molecular flexibility index (Phi) is 3.21. The lowest BCUT2D eigenvalue weighted by Gasteiger charge is -2.22. The Hall–Kier alpha value is -0.680. The van der Waals surface area contributed by atoms with Gasteiger partial charge in [0.15, 0.2) is 0 Å². The number of carbonyl (C=O) groups excluding carboxylic acids is 1. The van der Waals surface area contributed by atoms with Gasteiger partial charge in [-0.2, -0.15) is 0 Å². The summed E-state index contributed by atoms with van der Waals surface area (Å²) in [7, 11) is 0. The van der Waals surface area contributed by atoms with Gasteiger partial charge in [0.25, 0.3) is 0 Å². The number of amides is 1. The molecule has 0 bridgehead atoms. The zero-order valence-electron chi connectivity index (χ0n) is 8.74. The van der Waals surface area contributed by atoms with Crippen LogP contribution in [-0.2, 0) is 4.79 Å². The second-order valence-electron chi connectivity index (χ2n) is 4.37. The number of nitrogens with zero attached hydrogens (tertiary/aromatic N) is 1. The van der Waals surface area contributed by atoms with Gasteiger partial charge in [-0.25, -0.2) is 0 Å². The van der Waals surface area contributed by atoms with E-state index >= 15 is 0 Å². The van der Waals surface area contributed by atoms with Crippen molar-refractivity contribution in [3.63, 3.8) is 0 Å². The van der Waals surface area contributed by atoms with E-state index in [0.717, 1.165) is 32.2 Å². The van der Waals surface area contributed by atoms with Crippen molar-refractivity contribution in [2.75, 3.05) is 13.1 Å². The summed E-state index contributed by atoms with van der Waals surface area (Å²) in [6, 6.07) is 0.563. The van der Waals surface area contributed by atoms with E-state index in [1.807, 2.05) is 0 Å². The van der Waals surface area contributed by atoms with E-state index in [1.165, 1.54) is 0 Å². The van der Waals surface area contributed by atoms with Gasteiger partial charge in [-0.15, -0.1) is 0 Å². The molecule has 0 spiro atoms. The molecule has 1 amide bonds. The Morgan fingerprint density at radius 3 is 2.80 bits per heavy atom. The summed E-state index contributed by atoms with van der Waals surface area (Å²) in [5.74, 6) is 0.112. The molecule has 2 aliphatic rings. The van der Waals surface area contributed by atoms with Crippen LogP contribution in [0.25, 0.3) is 0 Å². The van der Waals surface area contributed by atoms with Gasteiger partial charge >= 0.3 is 0 Å².